The Kier molecular flexibility index (Phi) is 3.41. The SMILES string of the molecule is OB(O)c1ccsc1-c1nc2ccc3[nH]ncc3c2c2c1CCCC2. The number of aromatic nitrogens is 3. The molecule has 1 aromatic carbocycles. The van der Waals surface area contributed by atoms with Gasteiger partial charge >= 0.3 is 7.12 Å². The summed E-state index contributed by atoms with van der Waals surface area (Å²) in [6.45, 7) is 0. The molecule has 4 aromatic rings. The Morgan fingerprint density at radius 1 is 1.08 bits per heavy atom. The summed E-state index contributed by atoms with van der Waals surface area (Å²) in [5.74, 6) is 0. The highest BCUT2D eigenvalue weighted by molar-refractivity contribution is 7.15. The largest absolute Gasteiger partial charge is 0.489 e. The van der Waals surface area contributed by atoms with E-state index < -0.39 is 7.12 Å². The van der Waals surface area contributed by atoms with Crippen molar-refractivity contribution in [3.8, 4) is 10.6 Å². The highest BCUT2D eigenvalue weighted by Gasteiger charge is 2.25. The van der Waals surface area contributed by atoms with Crippen LogP contribution < -0.4 is 5.46 Å². The summed E-state index contributed by atoms with van der Waals surface area (Å²) in [5, 5.41) is 30.8. The summed E-state index contributed by atoms with van der Waals surface area (Å²) >= 11 is 1.52. The number of aromatic amines is 1. The molecule has 0 atom stereocenters. The van der Waals surface area contributed by atoms with Crippen LogP contribution in [-0.4, -0.2) is 32.3 Å². The number of rotatable bonds is 2. The molecule has 0 unspecified atom stereocenters. The Morgan fingerprint density at radius 3 is 2.76 bits per heavy atom. The van der Waals surface area contributed by atoms with Crippen LogP contribution in [0.5, 0.6) is 0 Å². The minimum absolute atomic E-state index is 0.536. The lowest BCUT2D eigenvalue weighted by molar-refractivity contribution is 0.426. The number of nitrogens with zero attached hydrogens (tertiary/aromatic N) is 2. The van der Waals surface area contributed by atoms with Crippen LogP contribution in [0.1, 0.15) is 24.0 Å². The maximum Gasteiger partial charge on any atom is 0.489 e. The third-order valence-electron chi connectivity index (χ3n) is 5.08. The number of hydrogen-bond donors (Lipinski definition) is 3. The standard InChI is InChI=1S/C18H16BN3O2S/c23-19(24)13-7-8-25-18(13)17-11-4-2-1-3-10(11)16-12-9-20-22-14(12)5-6-15(16)21-17/h5-9,23-24H,1-4H2,(H,20,22). The topological polar surface area (TPSA) is 82.0 Å². The number of pyridine rings is 1. The molecule has 1 aliphatic rings. The molecule has 3 aromatic heterocycles. The quantitative estimate of drug-likeness (QED) is 0.486. The van der Waals surface area contributed by atoms with Crippen LogP contribution in [0.4, 0.5) is 0 Å². The van der Waals surface area contributed by atoms with Crippen LogP contribution in [0.3, 0.4) is 0 Å². The van der Waals surface area contributed by atoms with Crippen LogP contribution in [0.25, 0.3) is 32.4 Å². The van der Waals surface area contributed by atoms with Crippen LogP contribution in [0, 0.1) is 0 Å². The summed E-state index contributed by atoms with van der Waals surface area (Å²) in [4.78, 5) is 5.81. The van der Waals surface area contributed by atoms with E-state index in [0.717, 1.165) is 46.3 Å². The molecule has 0 spiro atoms. The second-order valence-electron chi connectivity index (χ2n) is 6.49. The molecule has 124 valence electrons. The van der Waals surface area contributed by atoms with Crippen molar-refractivity contribution in [2.24, 2.45) is 0 Å². The summed E-state index contributed by atoms with van der Waals surface area (Å²) < 4.78 is 0. The number of thiophene rings is 1. The Labute approximate surface area is 148 Å². The third kappa shape index (κ3) is 2.23. The lowest BCUT2D eigenvalue weighted by atomic mass is 9.78. The number of H-pyrrole nitrogens is 1. The molecule has 1 aliphatic carbocycles. The van der Waals surface area contributed by atoms with Crippen molar-refractivity contribution in [3.63, 3.8) is 0 Å². The molecule has 0 saturated carbocycles. The molecule has 7 heteroatoms. The fourth-order valence-corrected chi connectivity index (χ4v) is 4.89. The minimum atomic E-state index is -1.48. The second-order valence-corrected chi connectivity index (χ2v) is 7.41. The van der Waals surface area contributed by atoms with Gasteiger partial charge in [-0.2, -0.15) is 5.10 Å². The van der Waals surface area contributed by atoms with Crippen LogP contribution >= 0.6 is 11.3 Å². The third-order valence-corrected chi connectivity index (χ3v) is 6.02. The van der Waals surface area contributed by atoms with Gasteiger partial charge in [0.05, 0.1) is 27.8 Å². The van der Waals surface area contributed by atoms with Crippen molar-refractivity contribution in [1.29, 1.82) is 0 Å². The van der Waals surface area contributed by atoms with Crippen LogP contribution in [-0.2, 0) is 12.8 Å². The van der Waals surface area contributed by atoms with Crippen molar-refractivity contribution in [1.82, 2.24) is 15.2 Å². The predicted molar refractivity (Wildman–Crippen MR) is 101 cm³/mol. The molecular formula is C18H16BN3O2S. The van der Waals surface area contributed by atoms with E-state index in [1.165, 1.54) is 34.3 Å². The first kappa shape index (κ1) is 15.1. The lowest BCUT2D eigenvalue weighted by Crippen LogP contribution is -2.30. The number of aryl methyl sites for hydroxylation is 1. The van der Waals surface area contributed by atoms with E-state index in [2.05, 4.69) is 10.2 Å². The van der Waals surface area contributed by atoms with Gasteiger partial charge in [0.15, 0.2) is 0 Å². The molecular weight excluding hydrogens is 333 g/mol. The molecule has 3 heterocycles. The predicted octanol–water partition coefficient (Wildman–Crippen LogP) is 2.40. The van der Waals surface area contributed by atoms with Crippen molar-refractivity contribution in [3.05, 3.63) is 40.9 Å². The lowest BCUT2D eigenvalue weighted by Gasteiger charge is -2.21. The Hall–Kier alpha value is -2.22. The summed E-state index contributed by atoms with van der Waals surface area (Å²) in [6, 6.07) is 5.80. The molecule has 0 aliphatic heterocycles. The summed E-state index contributed by atoms with van der Waals surface area (Å²) in [5.41, 5.74) is 5.99. The first-order valence-electron chi connectivity index (χ1n) is 8.45. The number of nitrogens with one attached hydrogen (secondary N) is 1. The van der Waals surface area contributed by atoms with E-state index in [1.54, 1.807) is 6.07 Å². The zero-order valence-corrected chi connectivity index (χ0v) is 14.3. The maximum atomic E-state index is 9.71. The van der Waals surface area contributed by atoms with Gasteiger partial charge in [-0.15, -0.1) is 11.3 Å². The monoisotopic (exact) mass is 349 g/mol. The Morgan fingerprint density at radius 2 is 1.92 bits per heavy atom. The minimum Gasteiger partial charge on any atom is -0.423 e. The smallest absolute Gasteiger partial charge is 0.423 e. The highest BCUT2D eigenvalue weighted by Crippen LogP contribution is 2.38. The van der Waals surface area contributed by atoms with Gasteiger partial charge in [0.1, 0.15) is 0 Å². The van der Waals surface area contributed by atoms with Gasteiger partial charge in [-0.25, -0.2) is 4.98 Å². The molecule has 0 radical (unpaired) electrons. The van der Waals surface area contributed by atoms with Crippen molar-refractivity contribution in [2.75, 3.05) is 0 Å². The second kappa shape index (κ2) is 5.66. The molecule has 0 bridgehead atoms. The number of benzene rings is 1. The van der Waals surface area contributed by atoms with Gasteiger partial charge < -0.3 is 10.0 Å². The zero-order valence-electron chi connectivity index (χ0n) is 13.5. The fourth-order valence-electron chi connectivity index (χ4n) is 3.95. The molecule has 0 saturated heterocycles. The fraction of sp³-hybridized carbons (Fsp3) is 0.222. The first-order chi connectivity index (χ1) is 12.2. The number of fused-ring (bicyclic) bond motifs is 5. The van der Waals surface area contributed by atoms with E-state index in [4.69, 9.17) is 4.98 Å². The average Bonchev–Trinajstić information content (AvgIpc) is 3.29. The van der Waals surface area contributed by atoms with Crippen molar-refractivity contribution in [2.45, 2.75) is 25.7 Å². The summed E-state index contributed by atoms with van der Waals surface area (Å²) in [6.07, 6.45) is 6.17. The Bertz CT molecular complexity index is 1100. The molecule has 5 nitrogen and oxygen atoms in total. The molecule has 3 N–H and O–H groups in total. The van der Waals surface area contributed by atoms with Gasteiger partial charge in [-0.3, -0.25) is 5.10 Å². The molecule has 25 heavy (non-hydrogen) atoms. The van der Waals surface area contributed by atoms with E-state index in [9.17, 15) is 10.0 Å². The molecule has 0 fully saturated rings. The van der Waals surface area contributed by atoms with E-state index >= 15 is 0 Å². The van der Waals surface area contributed by atoms with Crippen molar-refractivity contribution < 1.29 is 10.0 Å². The Balaban J connectivity index is 1.89. The molecule has 0 amide bonds. The van der Waals surface area contributed by atoms with E-state index in [1.807, 2.05) is 23.7 Å². The van der Waals surface area contributed by atoms with Gasteiger partial charge in [0.25, 0.3) is 0 Å². The van der Waals surface area contributed by atoms with Gasteiger partial charge in [-0.1, -0.05) is 6.07 Å². The van der Waals surface area contributed by atoms with E-state index in [-0.39, 0.29) is 0 Å². The highest BCUT2D eigenvalue weighted by atomic mass is 32.1. The zero-order chi connectivity index (χ0) is 17.0. The normalized spacial score (nSPS) is 14.2. The van der Waals surface area contributed by atoms with Gasteiger partial charge in [0.2, 0.25) is 0 Å². The van der Waals surface area contributed by atoms with Crippen molar-refractivity contribution >= 4 is 45.7 Å². The van der Waals surface area contributed by atoms with Crippen LogP contribution in [0.15, 0.2) is 29.8 Å². The van der Waals surface area contributed by atoms with Crippen LogP contribution in [0.2, 0.25) is 0 Å². The average molecular weight is 349 g/mol. The number of hydrogen-bond acceptors (Lipinski definition) is 5. The maximum absolute atomic E-state index is 9.71. The molecule has 5 rings (SSSR count). The van der Waals surface area contributed by atoms with E-state index in [0.29, 0.717) is 5.46 Å². The van der Waals surface area contributed by atoms with Gasteiger partial charge in [0, 0.05) is 16.2 Å². The van der Waals surface area contributed by atoms with Gasteiger partial charge in [-0.05, 0) is 54.3 Å². The first-order valence-corrected chi connectivity index (χ1v) is 9.33. The summed E-state index contributed by atoms with van der Waals surface area (Å²) in [7, 11) is -1.48.